The smallest absolute Gasteiger partial charge is 0.0937 e. The van der Waals surface area contributed by atoms with Crippen molar-refractivity contribution >= 4 is 0 Å². The molecule has 0 radical (unpaired) electrons. The van der Waals surface area contributed by atoms with Crippen LogP contribution in [0.2, 0.25) is 0 Å². The summed E-state index contributed by atoms with van der Waals surface area (Å²) in [5, 5.41) is 11.4. The van der Waals surface area contributed by atoms with Crippen LogP contribution in [0, 0.1) is 5.92 Å². The largest absolute Gasteiger partial charge is 0.385 e. The van der Waals surface area contributed by atoms with Crippen molar-refractivity contribution in [2.24, 2.45) is 5.92 Å². The minimum Gasteiger partial charge on any atom is -0.385 e. The maximum Gasteiger partial charge on any atom is 0.0937 e. The fourth-order valence-corrected chi connectivity index (χ4v) is 3.18. The van der Waals surface area contributed by atoms with Gasteiger partial charge in [0.05, 0.1) is 5.60 Å². The van der Waals surface area contributed by atoms with E-state index < -0.39 is 5.60 Å². The molecule has 0 bridgehead atoms. The van der Waals surface area contributed by atoms with E-state index in [1.807, 2.05) is 36.4 Å². The molecule has 2 aromatic rings. The average Bonchev–Trinajstić information content (AvgIpc) is 2.55. The van der Waals surface area contributed by atoms with Crippen LogP contribution in [0.4, 0.5) is 0 Å². The standard InChI is InChI=1S/C20H27NO/c1-4-20(22,18-13-9-6-10-14-18)19(16-21(2)3)15-17-11-7-5-8-12-17/h5-14,19,22H,4,15-16H2,1-3H3/t19-,20-/m1/s1. The normalized spacial score (nSPS) is 15.5. The highest BCUT2D eigenvalue weighted by Gasteiger charge is 2.36. The molecule has 0 heterocycles. The maximum absolute atomic E-state index is 11.4. The Labute approximate surface area is 134 Å². The van der Waals surface area contributed by atoms with Gasteiger partial charge in [0.1, 0.15) is 0 Å². The van der Waals surface area contributed by atoms with Gasteiger partial charge in [-0.15, -0.1) is 0 Å². The summed E-state index contributed by atoms with van der Waals surface area (Å²) in [5.41, 5.74) is 1.49. The molecule has 1 N–H and O–H groups in total. The monoisotopic (exact) mass is 297 g/mol. The molecule has 2 rings (SSSR count). The Balaban J connectivity index is 2.33. The number of rotatable bonds is 7. The first-order valence-corrected chi connectivity index (χ1v) is 8.03. The van der Waals surface area contributed by atoms with E-state index in [-0.39, 0.29) is 5.92 Å². The zero-order valence-electron chi connectivity index (χ0n) is 13.9. The predicted octanol–water partition coefficient (Wildman–Crippen LogP) is 3.70. The average molecular weight is 297 g/mol. The van der Waals surface area contributed by atoms with Crippen molar-refractivity contribution in [2.45, 2.75) is 25.4 Å². The van der Waals surface area contributed by atoms with Gasteiger partial charge in [-0.05, 0) is 38.1 Å². The van der Waals surface area contributed by atoms with Crippen molar-refractivity contribution < 1.29 is 5.11 Å². The molecule has 2 nitrogen and oxygen atoms in total. The Hall–Kier alpha value is -1.64. The molecule has 118 valence electrons. The first-order valence-electron chi connectivity index (χ1n) is 8.03. The molecule has 0 aliphatic heterocycles. The molecule has 0 fully saturated rings. The molecular weight excluding hydrogens is 270 g/mol. The van der Waals surface area contributed by atoms with E-state index in [0.717, 1.165) is 18.5 Å². The van der Waals surface area contributed by atoms with Crippen LogP contribution in [-0.2, 0) is 12.0 Å². The highest BCUT2D eigenvalue weighted by Crippen LogP contribution is 2.35. The van der Waals surface area contributed by atoms with Crippen LogP contribution in [0.3, 0.4) is 0 Å². The molecule has 0 aromatic heterocycles. The Morgan fingerprint density at radius 2 is 1.50 bits per heavy atom. The fraction of sp³-hybridized carbons (Fsp3) is 0.400. The lowest BCUT2D eigenvalue weighted by Gasteiger charge is -2.38. The van der Waals surface area contributed by atoms with Crippen LogP contribution in [0.5, 0.6) is 0 Å². The SMILES string of the molecule is CC[C@@](O)(c1ccccc1)[C@H](Cc1ccccc1)CN(C)C. The van der Waals surface area contributed by atoms with Crippen molar-refractivity contribution in [3.63, 3.8) is 0 Å². The Morgan fingerprint density at radius 1 is 0.955 bits per heavy atom. The molecule has 0 amide bonds. The number of hydrogen-bond donors (Lipinski definition) is 1. The van der Waals surface area contributed by atoms with Gasteiger partial charge in [0, 0.05) is 12.5 Å². The first kappa shape index (κ1) is 16.7. The Morgan fingerprint density at radius 3 is 2.00 bits per heavy atom. The summed E-state index contributed by atoms with van der Waals surface area (Å²) in [6.45, 7) is 2.93. The van der Waals surface area contributed by atoms with Crippen molar-refractivity contribution in [3.05, 3.63) is 71.8 Å². The minimum atomic E-state index is -0.804. The van der Waals surface area contributed by atoms with Gasteiger partial charge in [0.25, 0.3) is 0 Å². The predicted molar refractivity (Wildman–Crippen MR) is 92.8 cm³/mol. The van der Waals surface area contributed by atoms with E-state index in [0.29, 0.717) is 6.42 Å². The lowest BCUT2D eigenvalue weighted by atomic mass is 9.76. The second-order valence-corrected chi connectivity index (χ2v) is 6.29. The highest BCUT2D eigenvalue weighted by molar-refractivity contribution is 5.25. The van der Waals surface area contributed by atoms with Crippen LogP contribution in [-0.4, -0.2) is 30.6 Å². The third kappa shape index (κ3) is 3.96. The highest BCUT2D eigenvalue weighted by atomic mass is 16.3. The first-order chi connectivity index (χ1) is 10.6. The van der Waals surface area contributed by atoms with E-state index in [1.54, 1.807) is 0 Å². The molecular formula is C20H27NO. The van der Waals surface area contributed by atoms with Gasteiger partial charge in [0.15, 0.2) is 0 Å². The van der Waals surface area contributed by atoms with E-state index in [2.05, 4.69) is 50.2 Å². The molecule has 2 atom stereocenters. The van der Waals surface area contributed by atoms with Gasteiger partial charge in [-0.1, -0.05) is 67.6 Å². The van der Waals surface area contributed by atoms with E-state index >= 15 is 0 Å². The molecule has 2 aromatic carbocycles. The quantitative estimate of drug-likeness (QED) is 0.842. The van der Waals surface area contributed by atoms with Crippen LogP contribution in [0.15, 0.2) is 60.7 Å². The number of hydrogen-bond acceptors (Lipinski definition) is 2. The zero-order valence-corrected chi connectivity index (χ0v) is 13.9. The number of nitrogens with zero attached hydrogens (tertiary/aromatic N) is 1. The number of benzene rings is 2. The minimum absolute atomic E-state index is 0.150. The van der Waals surface area contributed by atoms with Crippen molar-refractivity contribution in [2.75, 3.05) is 20.6 Å². The molecule has 22 heavy (non-hydrogen) atoms. The van der Waals surface area contributed by atoms with E-state index in [4.69, 9.17) is 0 Å². The molecule has 0 saturated carbocycles. The van der Waals surface area contributed by atoms with Crippen LogP contribution < -0.4 is 0 Å². The van der Waals surface area contributed by atoms with Gasteiger partial charge in [-0.3, -0.25) is 0 Å². The summed E-state index contributed by atoms with van der Waals surface area (Å²) in [6, 6.07) is 20.5. The maximum atomic E-state index is 11.4. The summed E-state index contributed by atoms with van der Waals surface area (Å²) >= 11 is 0. The summed E-state index contributed by atoms with van der Waals surface area (Å²) < 4.78 is 0. The van der Waals surface area contributed by atoms with Gasteiger partial charge < -0.3 is 10.0 Å². The van der Waals surface area contributed by atoms with Gasteiger partial charge >= 0.3 is 0 Å². The summed E-state index contributed by atoms with van der Waals surface area (Å²) in [4.78, 5) is 2.16. The zero-order chi connectivity index (χ0) is 16.0. The summed E-state index contributed by atoms with van der Waals surface area (Å²) in [5.74, 6) is 0.150. The lowest BCUT2D eigenvalue weighted by molar-refractivity contribution is -0.0366. The van der Waals surface area contributed by atoms with Crippen LogP contribution >= 0.6 is 0 Å². The molecule has 0 saturated heterocycles. The van der Waals surface area contributed by atoms with Gasteiger partial charge in [0.2, 0.25) is 0 Å². The Kier molecular flexibility index (Phi) is 5.76. The molecule has 0 aliphatic rings. The number of aliphatic hydroxyl groups is 1. The fourth-order valence-electron chi connectivity index (χ4n) is 3.18. The second kappa shape index (κ2) is 7.57. The molecule has 0 spiro atoms. The Bertz CT molecular complexity index is 552. The third-order valence-electron chi connectivity index (χ3n) is 4.40. The van der Waals surface area contributed by atoms with Gasteiger partial charge in [-0.25, -0.2) is 0 Å². The second-order valence-electron chi connectivity index (χ2n) is 6.29. The van der Waals surface area contributed by atoms with E-state index in [9.17, 15) is 5.11 Å². The summed E-state index contributed by atoms with van der Waals surface area (Å²) in [7, 11) is 4.14. The van der Waals surface area contributed by atoms with Crippen LogP contribution in [0.25, 0.3) is 0 Å². The molecule has 0 aliphatic carbocycles. The van der Waals surface area contributed by atoms with Crippen molar-refractivity contribution in [3.8, 4) is 0 Å². The lowest BCUT2D eigenvalue weighted by Crippen LogP contribution is -2.41. The van der Waals surface area contributed by atoms with Gasteiger partial charge in [-0.2, -0.15) is 0 Å². The van der Waals surface area contributed by atoms with E-state index in [1.165, 1.54) is 5.56 Å². The molecule has 2 heteroatoms. The third-order valence-corrected chi connectivity index (χ3v) is 4.40. The van der Waals surface area contributed by atoms with Crippen LogP contribution in [0.1, 0.15) is 24.5 Å². The molecule has 0 unspecified atom stereocenters. The summed E-state index contributed by atoms with van der Waals surface area (Å²) in [6.07, 6.45) is 1.58. The topological polar surface area (TPSA) is 23.5 Å². The van der Waals surface area contributed by atoms with Crippen molar-refractivity contribution in [1.29, 1.82) is 0 Å². The van der Waals surface area contributed by atoms with Crippen molar-refractivity contribution in [1.82, 2.24) is 4.90 Å².